The summed E-state index contributed by atoms with van der Waals surface area (Å²) in [6.45, 7) is 4.01. The maximum absolute atomic E-state index is 5.63. The van der Waals surface area contributed by atoms with Gasteiger partial charge in [0.25, 0.3) is 0 Å². The van der Waals surface area contributed by atoms with Gasteiger partial charge in [-0.3, -0.25) is 0 Å². The van der Waals surface area contributed by atoms with Crippen molar-refractivity contribution in [2.24, 2.45) is 5.92 Å². The molecule has 1 fully saturated rings. The van der Waals surface area contributed by atoms with Gasteiger partial charge in [0.15, 0.2) is 0 Å². The SMILES string of the molecule is CCC1OCCC1CNc1ccncn1. The number of nitrogens with zero attached hydrogens (tertiary/aromatic N) is 2. The van der Waals surface area contributed by atoms with Crippen molar-refractivity contribution in [2.45, 2.75) is 25.9 Å². The van der Waals surface area contributed by atoms with Crippen LogP contribution in [0.1, 0.15) is 19.8 Å². The molecule has 15 heavy (non-hydrogen) atoms. The molecule has 1 saturated heterocycles. The Morgan fingerprint density at radius 3 is 3.27 bits per heavy atom. The van der Waals surface area contributed by atoms with E-state index in [9.17, 15) is 0 Å². The zero-order valence-electron chi connectivity index (χ0n) is 9.02. The van der Waals surface area contributed by atoms with E-state index in [4.69, 9.17) is 4.74 Å². The number of hydrogen-bond acceptors (Lipinski definition) is 4. The fraction of sp³-hybridized carbons (Fsp3) is 0.636. The molecule has 0 radical (unpaired) electrons. The zero-order valence-corrected chi connectivity index (χ0v) is 9.02. The summed E-state index contributed by atoms with van der Waals surface area (Å²) in [5.74, 6) is 1.51. The van der Waals surface area contributed by atoms with Crippen LogP contribution in [0, 0.1) is 5.92 Å². The second kappa shape index (κ2) is 5.07. The molecule has 0 saturated carbocycles. The average Bonchev–Trinajstić information content (AvgIpc) is 2.75. The third-order valence-corrected chi connectivity index (χ3v) is 2.88. The highest BCUT2D eigenvalue weighted by Gasteiger charge is 2.26. The Labute approximate surface area is 90.1 Å². The van der Waals surface area contributed by atoms with Gasteiger partial charge in [0.2, 0.25) is 0 Å². The number of hydrogen-bond donors (Lipinski definition) is 1. The molecule has 0 amide bonds. The lowest BCUT2D eigenvalue weighted by molar-refractivity contribution is 0.0900. The van der Waals surface area contributed by atoms with Crippen LogP contribution in [0.25, 0.3) is 0 Å². The van der Waals surface area contributed by atoms with Crippen LogP contribution in [0.15, 0.2) is 18.6 Å². The predicted octanol–water partition coefficient (Wildman–Crippen LogP) is 1.70. The van der Waals surface area contributed by atoms with Gasteiger partial charge >= 0.3 is 0 Å². The normalized spacial score (nSPS) is 25.4. The number of nitrogens with one attached hydrogen (secondary N) is 1. The van der Waals surface area contributed by atoms with Gasteiger partial charge in [0.1, 0.15) is 12.1 Å². The highest BCUT2D eigenvalue weighted by molar-refractivity contribution is 5.31. The minimum atomic E-state index is 0.416. The quantitative estimate of drug-likeness (QED) is 0.816. The lowest BCUT2D eigenvalue weighted by Gasteiger charge is -2.17. The van der Waals surface area contributed by atoms with Crippen molar-refractivity contribution in [3.05, 3.63) is 18.6 Å². The Morgan fingerprint density at radius 2 is 2.53 bits per heavy atom. The van der Waals surface area contributed by atoms with E-state index < -0.39 is 0 Å². The van der Waals surface area contributed by atoms with Crippen LogP contribution >= 0.6 is 0 Å². The first-order chi connectivity index (χ1) is 7.40. The van der Waals surface area contributed by atoms with Crippen LogP contribution in [-0.4, -0.2) is 29.2 Å². The minimum absolute atomic E-state index is 0.416. The van der Waals surface area contributed by atoms with Crippen molar-refractivity contribution in [1.82, 2.24) is 9.97 Å². The maximum Gasteiger partial charge on any atom is 0.129 e. The van der Waals surface area contributed by atoms with Crippen LogP contribution in [0.5, 0.6) is 0 Å². The predicted molar refractivity (Wildman–Crippen MR) is 58.7 cm³/mol. The summed E-state index contributed by atoms with van der Waals surface area (Å²) >= 11 is 0. The molecule has 82 valence electrons. The fourth-order valence-electron chi connectivity index (χ4n) is 2.01. The summed E-state index contributed by atoms with van der Waals surface area (Å²) in [5.41, 5.74) is 0. The molecule has 0 aromatic carbocycles. The molecule has 2 rings (SSSR count). The molecule has 2 atom stereocenters. The first kappa shape index (κ1) is 10.4. The molecule has 1 aliphatic rings. The Balaban J connectivity index is 1.83. The summed E-state index contributed by atoms with van der Waals surface area (Å²) < 4.78 is 5.63. The third-order valence-electron chi connectivity index (χ3n) is 2.88. The van der Waals surface area contributed by atoms with Gasteiger partial charge in [-0.05, 0) is 18.9 Å². The van der Waals surface area contributed by atoms with E-state index in [0.717, 1.165) is 31.8 Å². The molecular formula is C11H17N3O. The number of ether oxygens (including phenoxy) is 1. The molecule has 2 heterocycles. The van der Waals surface area contributed by atoms with Crippen molar-refractivity contribution in [2.75, 3.05) is 18.5 Å². The molecule has 4 heteroatoms. The van der Waals surface area contributed by atoms with Gasteiger partial charge in [-0.1, -0.05) is 6.92 Å². The largest absolute Gasteiger partial charge is 0.378 e. The van der Waals surface area contributed by atoms with Gasteiger partial charge in [-0.25, -0.2) is 9.97 Å². The van der Waals surface area contributed by atoms with Gasteiger partial charge < -0.3 is 10.1 Å². The lowest BCUT2D eigenvalue weighted by atomic mass is 10.00. The van der Waals surface area contributed by atoms with Gasteiger partial charge in [-0.2, -0.15) is 0 Å². The highest BCUT2D eigenvalue weighted by atomic mass is 16.5. The van der Waals surface area contributed by atoms with Crippen molar-refractivity contribution >= 4 is 5.82 Å². The van der Waals surface area contributed by atoms with E-state index in [1.165, 1.54) is 0 Å². The average molecular weight is 207 g/mol. The minimum Gasteiger partial charge on any atom is -0.378 e. The van der Waals surface area contributed by atoms with Crippen molar-refractivity contribution < 1.29 is 4.74 Å². The molecule has 0 spiro atoms. The number of rotatable bonds is 4. The Kier molecular flexibility index (Phi) is 3.50. The van der Waals surface area contributed by atoms with Crippen LogP contribution < -0.4 is 5.32 Å². The summed E-state index contributed by atoms with van der Waals surface area (Å²) in [4.78, 5) is 8.01. The summed E-state index contributed by atoms with van der Waals surface area (Å²) in [5, 5.41) is 3.32. The summed E-state index contributed by atoms with van der Waals surface area (Å²) in [7, 11) is 0. The Bertz CT molecular complexity index is 291. The van der Waals surface area contributed by atoms with E-state index in [1.54, 1.807) is 12.5 Å². The molecular weight excluding hydrogens is 190 g/mol. The Morgan fingerprint density at radius 1 is 1.60 bits per heavy atom. The van der Waals surface area contributed by atoms with Crippen LogP contribution in [-0.2, 0) is 4.74 Å². The summed E-state index contributed by atoms with van der Waals surface area (Å²) in [6.07, 6.45) is 5.97. The van der Waals surface area contributed by atoms with Crippen LogP contribution in [0.3, 0.4) is 0 Å². The van der Waals surface area contributed by atoms with E-state index in [0.29, 0.717) is 12.0 Å². The van der Waals surface area contributed by atoms with E-state index in [1.807, 2.05) is 6.07 Å². The highest BCUT2D eigenvalue weighted by Crippen LogP contribution is 2.23. The van der Waals surface area contributed by atoms with Gasteiger partial charge in [0, 0.05) is 25.3 Å². The third kappa shape index (κ3) is 2.65. The monoisotopic (exact) mass is 207 g/mol. The van der Waals surface area contributed by atoms with E-state index in [-0.39, 0.29) is 0 Å². The Hall–Kier alpha value is -1.16. The standard InChI is InChI=1S/C11H17N3O/c1-2-10-9(4-6-15-10)7-13-11-3-5-12-8-14-11/h3,5,8-10H,2,4,6-7H2,1H3,(H,12,13,14). The molecule has 4 nitrogen and oxygen atoms in total. The van der Waals surface area contributed by atoms with Crippen molar-refractivity contribution in [3.63, 3.8) is 0 Å². The molecule has 1 aliphatic heterocycles. The number of aromatic nitrogens is 2. The second-order valence-electron chi connectivity index (χ2n) is 3.84. The fourth-order valence-corrected chi connectivity index (χ4v) is 2.01. The smallest absolute Gasteiger partial charge is 0.129 e. The maximum atomic E-state index is 5.63. The van der Waals surface area contributed by atoms with Crippen molar-refractivity contribution in [3.8, 4) is 0 Å². The van der Waals surface area contributed by atoms with Gasteiger partial charge in [0.05, 0.1) is 6.10 Å². The van der Waals surface area contributed by atoms with Crippen molar-refractivity contribution in [1.29, 1.82) is 0 Å². The summed E-state index contributed by atoms with van der Waals surface area (Å²) in [6, 6.07) is 1.89. The zero-order chi connectivity index (χ0) is 10.5. The van der Waals surface area contributed by atoms with Crippen LogP contribution in [0.2, 0.25) is 0 Å². The molecule has 1 aromatic heterocycles. The molecule has 2 unspecified atom stereocenters. The lowest BCUT2D eigenvalue weighted by Crippen LogP contribution is -2.23. The molecule has 0 bridgehead atoms. The van der Waals surface area contributed by atoms with Gasteiger partial charge in [-0.15, -0.1) is 0 Å². The second-order valence-corrected chi connectivity index (χ2v) is 3.84. The topological polar surface area (TPSA) is 47.0 Å². The number of anilines is 1. The molecule has 0 aliphatic carbocycles. The first-order valence-corrected chi connectivity index (χ1v) is 5.51. The van der Waals surface area contributed by atoms with E-state index in [2.05, 4.69) is 22.2 Å². The molecule has 1 N–H and O–H groups in total. The molecule has 1 aromatic rings. The first-order valence-electron chi connectivity index (χ1n) is 5.51. The van der Waals surface area contributed by atoms with E-state index >= 15 is 0 Å². The van der Waals surface area contributed by atoms with Crippen LogP contribution in [0.4, 0.5) is 5.82 Å².